The van der Waals surface area contributed by atoms with Crippen molar-refractivity contribution in [3.8, 4) is 0 Å². The van der Waals surface area contributed by atoms with Gasteiger partial charge in [-0.2, -0.15) is 0 Å². The van der Waals surface area contributed by atoms with Crippen LogP contribution in [0.25, 0.3) is 10.4 Å². The van der Waals surface area contributed by atoms with Crippen LogP contribution in [0, 0.1) is 10.1 Å². The summed E-state index contributed by atoms with van der Waals surface area (Å²) in [4.78, 5) is 19.9. The molecule has 0 aromatic carbocycles. The van der Waals surface area contributed by atoms with Gasteiger partial charge in [-0.1, -0.05) is 0 Å². The number of rotatable bonds is 6. The Morgan fingerprint density at radius 3 is 3.25 bits per heavy atom. The fourth-order valence-corrected chi connectivity index (χ4v) is 0.874. The fourth-order valence-electron chi connectivity index (χ4n) is 0.874. The van der Waals surface area contributed by atoms with E-state index in [4.69, 9.17) is 5.53 Å². The van der Waals surface area contributed by atoms with E-state index in [2.05, 4.69) is 24.9 Å². The molecule has 86 valence electrons. The van der Waals surface area contributed by atoms with Crippen molar-refractivity contribution in [3.05, 3.63) is 26.9 Å². The summed E-state index contributed by atoms with van der Waals surface area (Å²) in [6, 6.07) is 0. The van der Waals surface area contributed by atoms with Crippen LogP contribution in [0.3, 0.4) is 0 Å². The van der Waals surface area contributed by atoms with E-state index in [1.54, 1.807) is 0 Å². The molecule has 16 heavy (non-hydrogen) atoms. The van der Waals surface area contributed by atoms with Crippen LogP contribution in [-0.2, 0) is 11.4 Å². The lowest BCUT2D eigenvalue weighted by Gasteiger charge is -2.07. The Bertz CT molecular complexity index is 411. The van der Waals surface area contributed by atoms with E-state index in [0.717, 1.165) is 0 Å². The predicted molar refractivity (Wildman–Crippen MR) is 47.8 cm³/mol. The summed E-state index contributed by atoms with van der Waals surface area (Å²) in [5, 5.41) is 24.9. The van der Waals surface area contributed by atoms with Crippen molar-refractivity contribution >= 4 is 5.95 Å². The maximum absolute atomic E-state index is 9.83. The standard InChI is InChI=1S/C5H7N7O4/c6-10-8-5-7-3-11(9-5)1-4(13)2-16-12(14)15/h3-4,13H,1-2H2. The number of azide groups is 1. The molecule has 1 heterocycles. The Balaban J connectivity index is 2.46. The van der Waals surface area contributed by atoms with Gasteiger partial charge in [-0.05, 0) is 10.6 Å². The van der Waals surface area contributed by atoms with E-state index >= 15 is 0 Å². The minimum absolute atomic E-state index is 0.0538. The van der Waals surface area contributed by atoms with Gasteiger partial charge in [-0.15, -0.1) is 15.2 Å². The first kappa shape index (κ1) is 11.7. The molecule has 1 unspecified atom stereocenters. The lowest BCUT2D eigenvalue weighted by molar-refractivity contribution is -0.759. The van der Waals surface area contributed by atoms with Crippen molar-refractivity contribution in [2.24, 2.45) is 5.11 Å². The average molecular weight is 229 g/mol. The van der Waals surface area contributed by atoms with Gasteiger partial charge < -0.3 is 9.94 Å². The van der Waals surface area contributed by atoms with Crippen LogP contribution >= 0.6 is 0 Å². The highest BCUT2D eigenvalue weighted by Gasteiger charge is 2.09. The van der Waals surface area contributed by atoms with Gasteiger partial charge in [0.05, 0.1) is 12.6 Å². The van der Waals surface area contributed by atoms with Crippen LogP contribution in [0.15, 0.2) is 11.4 Å². The van der Waals surface area contributed by atoms with Crippen LogP contribution in [0.4, 0.5) is 5.95 Å². The smallest absolute Gasteiger partial charge is 0.294 e. The summed E-state index contributed by atoms with van der Waals surface area (Å²) in [7, 11) is 0. The van der Waals surface area contributed by atoms with Crippen LogP contribution in [0.1, 0.15) is 0 Å². The molecule has 1 N–H and O–H groups in total. The third kappa shape index (κ3) is 3.77. The zero-order valence-corrected chi connectivity index (χ0v) is 7.87. The molecule has 0 aliphatic heterocycles. The van der Waals surface area contributed by atoms with Gasteiger partial charge in [0.2, 0.25) is 5.95 Å². The Kier molecular flexibility index (Phi) is 4.00. The number of aromatic nitrogens is 3. The minimum Gasteiger partial charge on any atom is -0.389 e. The summed E-state index contributed by atoms with van der Waals surface area (Å²) < 4.78 is 1.18. The second-order valence-electron chi connectivity index (χ2n) is 2.63. The molecule has 0 radical (unpaired) electrons. The Labute approximate surface area is 88.0 Å². The molecule has 11 nitrogen and oxygen atoms in total. The van der Waals surface area contributed by atoms with Crippen molar-refractivity contribution in [2.45, 2.75) is 12.6 Å². The van der Waals surface area contributed by atoms with Crippen LogP contribution in [0.5, 0.6) is 0 Å². The van der Waals surface area contributed by atoms with Crippen LogP contribution in [0.2, 0.25) is 0 Å². The molecule has 1 aromatic heterocycles. The van der Waals surface area contributed by atoms with Gasteiger partial charge in [0.15, 0.2) is 0 Å². The molecule has 0 aliphatic rings. The molecular weight excluding hydrogens is 222 g/mol. The lowest BCUT2D eigenvalue weighted by Crippen LogP contribution is -2.23. The van der Waals surface area contributed by atoms with Crippen LogP contribution < -0.4 is 0 Å². The highest BCUT2D eigenvalue weighted by atomic mass is 17.0. The molecule has 0 bridgehead atoms. The van der Waals surface area contributed by atoms with E-state index < -0.39 is 17.8 Å². The highest BCUT2D eigenvalue weighted by molar-refractivity contribution is 5.08. The van der Waals surface area contributed by atoms with Gasteiger partial charge in [-0.3, -0.25) is 0 Å². The molecule has 1 rings (SSSR count). The fraction of sp³-hybridized carbons (Fsp3) is 0.600. The molecule has 0 fully saturated rings. The number of nitrogens with zero attached hydrogens (tertiary/aromatic N) is 7. The van der Waals surface area contributed by atoms with Crippen LogP contribution in [-0.4, -0.2) is 37.7 Å². The van der Waals surface area contributed by atoms with Crippen molar-refractivity contribution in [1.82, 2.24) is 14.8 Å². The maximum atomic E-state index is 9.83. The van der Waals surface area contributed by atoms with Crippen molar-refractivity contribution in [3.63, 3.8) is 0 Å². The van der Waals surface area contributed by atoms with Crippen molar-refractivity contribution < 1.29 is 15.0 Å². The summed E-state index contributed by atoms with van der Waals surface area (Å²) >= 11 is 0. The molecule has 0 amide bonds. The molecule has 0 saturated carbocycles. The normalized spacial score (nSPS) is 11.6. The Morgan fingerprint density at radius 2 is 2.62 bits per heavy atom. The second-order valence-corrected chi connectivity index (χ2v) is 2.63. The SMILES string of the molecule is [N-]=[N+]=Nc1ncn(CC(O)CO[N+](=O)[O-])n1. The third-order valence-corrected chi connectivity index (χ3v) is 1.43. The number of aliphatic hydroxyl groups excluding tert-OH is 1. The summed E-state index contributed by atoms with van der Waals surface area (Å²) in [5.41, 5.74) is 8.08. The topological polar surface area (TPSA) is 152 Å². The monoisotopic (exact) mass is 229 g/mol. The van der Waals surface area contributed by atoms with E-state index in [-0.39, 0.29) is 12.5 Å². The van der Waals surface area contributed by atoms with E-state index in [1.807, 2.05) is 0 Å². The molecule has 0 spiro atoms. The number of hydrogen-bond donors (Lipinski definition) is 1. The summed E-state index contributed by atoms with van der Waals surface area (Å²) in [6.07, 6.45) is 0.116. The average Bonchev–Trinajstić information content (AvgIpc) is 2.63. The summed E-state index contributed by atoms with van der Waals surface area (Å²) in [5.74, 6) is -0.0927. The first-order valence-electron chi connectivity index (χ1n) is 4.01. The maximum Gasteiger partial charge on any atom is 0.294 e. The Morgan fingerprint density at radius 1 is 1.88 bits per heavy atom. The highest BCUT2D eigenvalue weighted by Crippen LogP contribution is 2.02. The van der Waals surface area contributed by atoms with Gasteiger partial charge in [0.25, 0.3) is 5.09 Å². The van der Waals surface area contributed by atoms with E-state index in [9.17, 15) is 15.2 Å². The lowest BCUT2D eigenvalue weighted by atomic mass is 10.4. The number of hydrogen-bond acceptors (Lipinski definition) is 7. The van der Waals surface area contributed by atoms with Crippen molar-refractivity contribution in [1.29, 1.82) is 0 Å². The van der Waals surface area contributed by atoms with Gasteiger partial charge in [0, 0.05) is 4.91 Å². The zero-order valence-electron chi connectivity index (χ0n) is 7.87. The zero-order chi connectivity index (χ0) is 12.0. The molecule has 0 saturated heterocycles. The van der Waals surface area contributed by atoms with Gasteiger partial charge in [-0.25, -0.2) is 9.67 Å². The molecule has 1 aromatic rings. The van der Waals surface area contributed by atoms with E-state index in [1.165, 1.54) is 11.0 Å². The molecule has 0 aliphatic carbocycles. The first-order chi connectivity index (χ1) is 7.61. The predicted octanol–water partition coefficient (Wildman–Crippen LogP) is -0.211. The quantitative estimate of drug-likeness (QED) is 0.234. The largest absolute Gasteiger partial charge is 0.389 e. The third-order valence-electron chi connectivity index (χ3n) is 1.43. The molecule has 11 heteroatoms. The summed E-state index contributed by atoms with van der Waals surface area (Å²) in [6.45, 7) is -0.522. The van der Waals surface area contributed by atoms with Gasteiger partial charge in [0.1, 0.15) is 12.9 Å². The number of aliphatic hydroxyl groups is 1. The molecule has 1 atom stereocenters. The van der Waals surface area contributed by atoms with Gasteiger partial charge >= 0.3 is 0 Å². The molecular formula is C5H7N7O4. The second kappa shape index (κ2) is 5.48. The van der Waals surface area contributed by atoms with Crippen molar-refractivity contribution in [2.75, 3.05) is 6.61 Å². The first-order valence-corrected chi connectivity index (χ1v) is 4.01. The van der Waals surface area contributed by atoms with E-state index in [0.29, 0.717) is 0 Å². The Hall–Kier alpha value is -2.39. The minimum atomic E-state index is -1.11.